The molecule has 0 aliphatic carbocycles. The monoisotopic (exact) mass is 487 g/mol. The summed E-state index contributed by atoms with van der Waals surface area (Å²) in [6, 6.07) is 4.61. The molecule has 6 rings (SSSR count). The molecule has 5 heterocycles. The topological polar surface area (TPSA) is 63.0 Å². The molecular weight excluding hydrogens is 464 g/mol. The Bertz CT molecular complexity index is 1250. The standard InChI is InChI=1S/C24H24ClF2N5O2/c25-14-10-28-23-20-12-30(13-21(20)29-32(23)11-14)24(33)19-4-1-15(27)7-22(19)34-18-8-16-2-3-17(9-18)31(16)6-5-26/h1,4,7,10-11,16-18H,2-3,5-6,8-9,12-13H2/t16-,17-/m0/s1. The molecule has 0 unspecified atom stereocenters. The average Bonchev–Trinajstić information content (AvgIpc) is 3.42. The lowest BCUT2D eigenvalue weighted by molar-refractivity contribution is 0.0445. The Balaban J connectivity index is 1.21. The summed E-state index contributed by atoms with van der Waals surface area (Å²) in [5, 5.41) is 4.99. The number of amides is 1. The van der Waals surface area contributed by atoms with Crippen LogP contribution >= 0.6 is 11.6 Å². The molecule has 0 radical (unpaired) electrons. The van der Waals surface area contributed by atoms with Crippen LogP contribution in [0.4, 0.5) is 8.78 Å². The Morgan fingerprint density at radius 2 is 2.00 bits per heavy atom. The number of carbonyl (C=O) groups excluding carboxylic acids is 1. The van der Waals surface area contributed by atoms with E-state index in [2.05, 4.69) is 15.0 Å². The highest BCUT2D eigenvalue weighted by molar-refractivity contribution is 6.30. The van der Waals surface area contributed by atoms with Crippen LogP contribution in [0.15, 0.2) is 30.6 Å². The smallest absolute Gasteiger partial charge is 0.258 e. The Morgan fingerprint density at radius 3 is 2.76 bits per heavy atom. The van der Waals surface area contributed by atoms with Crippen LogP contribution in [0, 0.1) is 5.82 Å². The summed E-state index contributed by atoms with van der Waals surface area (Å²) in [5.41, 5.74) is 2.65. The first-order valence-corrected chi connectivity index (χ1v) is 12.0. The molecule has 0 spiro atoms. The van der Waals surface area contributed by atoms with Gasteiger partial charge in [-0.05, 0) is 37.8 Å². The summed E-state index contributed by atoms with van der Waals surface area (Å²) < 4.78 is 35.0. The van der Waals surface area contributed by atoms with Crippen molar-refractivity contribution in [2.75, 3.05) is 13.2 Å². The molecule has 1 amide bonds. The second-order valence-electron chi connectivity index (χ2n) is 9.29. The summed E-state index contributed by atoms with van der Waals surface area (Å²) in [7, 11) is 0. The van der Waals surface area contributed by atoms with E-state index in [-0.39, 0.29) is 36.5 Å². The van der Waals surface area contributed by atoms with Crippen LogP contribution in [0.1, 0.15) is 47.3 Å². The van der Waals surface area contributed by atoms with Crippen LogP contribution in [0.2, 0.25) is 5.02 Å². The number of fused-ring (bicyclic) bond motifs is 5. The minimum atomic E-state index is -0.451. The van der Waals surface area contributed by atoms with Crippen LogP contribution in [-0.4, -0.2) is 61.7 Å². The van der Waals surface area contributed by atoms with Crippen molar-refractivity contribution in [1.82, 2.24) is 24.4 Å². The van der Waals surface area contributed by atoms with Crippen molar-refractivity contribution in [3.63, 3.8) is 0 Å². The number of piperidine rings is 1. The van der Waals surface area contributed by atoms with Gasteiger partial charge in [-0.3, -0.25) is 9.69 Å². The lowest BCUT2D eigenvalue weighted by atomic mass is 9.99. The number of alkyl halides is 1. The van der Waals surface area contributed by atoms with Gasteiger partial charge >= 0.3 is 0 Å². The number of carbonyl (C=O) groups is 1. The van der Waals surface area contributed by atoms with Crippen molar-refractivity contribution in [1.29, 1.82) is 0 Å². The van der Waals surface area contributed by atoms with E-state index < -0.39 is 5.82 Å². The maximum absolute atomic E-state index is 14.2. The minimum absolute atomic E-state index is 0.129. The number of hydrogen-bond donors (Lipinski definition) is 0. The molecule has 34 heavy (non-hydrogen) atoms. The lowest BCUT2D eigenvalue weighted by Gasteiger charge is -2.38. The van der Waals surface area contributed by atoms with E-state index in [1.807, 2.05) is 0 Å². The highest BCUT2D eigenvalue weighted by atomic mass is 35.5. The van der Waals surface area contributed by atoms with Crippen molar-refractivity contribution in [2.45, 2.75) is 57.0 Å². The molecule has 0 N–H and O–H groups in total. The second-order valence-corrected chi connectivity index (χ2v) is 9.73. The highest BCUT2D eigenvalue weighted by Crippen LogP contribution is 2.38. The largest absolute Gasteiger partial charge is 0.489 e. The van der Waals surface area contributed by atoms with Gasteiger partial charge in [0, 0.05) is 36.5 Å². The molecule has 2 saturated heterocycles. The fraction of sp³-hybridized carbons (Fsp3) is 0.458. The van der Waals surface area contributed by atoms with Crippen LogP contribution in [0.5, 0.6) is 5.75 Å². The maximum atomic E-state index is 14.2. The predicted molar refractivity (Wildman–Crippen MR) is 121 cm³/mol. The van der Waals surface area contributed by atoms with Gasteiger partial charge in [-0.25, -0.2) is 18.3 Å². The first kappa shape index (κ1) is 21.7. The number of hydrogen-bond acceptors (Lipinski definition) is 5. The molecule has 3 aromatic rings. The van der Waals surface area contributed by atoms with Crippen molar-refractivity contribution in [3.05, 3.63) is 58.3 Å². The summed E-state index contributed by atoms with van der Waals surface area (Å²) in [4.78, 5) is 21.7. The molecule has 3 aliphatic rings. The molecule has 2 bridgehead atoms. The zero-order valence-corrected chi connectivity index (χ0v) is 19.2. The summed E-state index contributed by atoms with van der Waals surface area (Å²) >= 11 is 6.00. The van der Waals surface area contributed by atoms with Gasteiger partial charge in [0.05, 0.1) is 35.6 Å². The third-order valence-corrected chi connectivity index (χ3v) is 7.44. The number of ether oxygens (including phenoxy) is 1. The summed E-state index contributed by atoms with van der Waals surface area (Å²) in [5.74, 6) is -0.428. The van der Waals surface area contributed by atoms with Crippen LogP contribution in [0.3, 0.4) is 0 Å². The van der Waals surface area contributed by atoms with Gasteiger partial charge in [0.1, 0.15) is 24.3 Å². The van der Waals surface area contributed by atoms with Gasteiger partial charge in [0.2, 0.25) is 0 Å². The Morgan fingerprint density at radius 1 is 1.21 bits per heavy atom. The molecule has 2 fully saturated rings. The minimum Gasteiger partial charge on any atom is -0.489 e. The van der Waals surface area contributed by atoms with Crippen molar-refractivity contribution in [3.8, 4) is 5.75 Å². The Labute approximate surface area is 200 Å². The van der Waals surface area contributed by atoms with Crippen LogP contribution < -0.4 is 4.74 Å². The third-order valence-electron chi connectivity index (χ3n) is 7.25. The molecule has 178 valence electrons. The Kier molecular flexibility index (Phi) is 5.41. The second kappa shape index (κ2) is 8.46. The molecule has 3 aliphatic heterocycles. The molecule has 0 saturated carbocycles. The van der Waals surface area contributed by atoms with Gasteiger partial charge in [-0.15, -0.1) is 0 Å². The van der Waals surface area contributed by atoms with E-state index in [0.29, 0.717) is 35.9 Å². The molecule has 2 atom stereocenters. The van der Waals surface area contributed by atoms with Gasteiger partial charge in [-0.2, -0.15) is 5.10 Å². The van der Waals surface area contributed by atoms with Crippen molar-refractivity contribution >= 4 is 23.2 Å². The molecule has 10 heteroatoms. The Hall–Kier alpha value is -2.78. The first-order chi connectivity index (χ1) is 16.5. The summed E-state index contributed by atoms with van der Waals surface area (Å²) in [6.45, 7) is 0.783. The first-order valence-electron chi connectivity index (χ1n) is 11.6. The average molecular weight is 488 g/mol. The van der Waals surface area contributed by atoms with Gasteiger partial charge in [0.25, 0.3) is 5.91 Å². The molecule has 1 aromatic carbocycles. The number of benzene rings is 1. The molecule has 7 nitrogen and oxygen atoms in total. The zero-order chi connectivity index (χ0) is 23.4. The molecule has 2 aromatic heterocycles. The number of aromatic nitrogens is 3. The predicted octanol–water partition coefficient (Wildman–Crippen LogP) is 4.02. The van der Waals surface area contributed by atoms with E-state index in [1.165, 1.54) is 18.2 Å². The van der Waals surface area contributed by atoms with E-state index in [0.717, 1.165) is 36.9 Å². The van der Waals surface area contributed by atoms with E-state index >= 15 is 0 Å². The van der Waals surface area contributed by atoms with Crippen LogP contribution in [0.25, 0.3) is 5.65 Å². The fourth-order valence-electron chi connectivity index (χ4n) is 5.77. The zero-order valence-electron chi connectivity index (χ0n) is 18.5. The number of rotatable bonds is 5. The summed E-state index contributed by atoms with van der Waals surface area (Å²) in [6.07, 6.45) is 6.66. The quantitative estimate of drug-likeness (QED) is 0.544. The van der Waals surface area contributed by atoms with E-state index in [9.17, 15) is 13.6 Å². The van der Waals surface area contributed by atoms with Crippen LogP contribution in [-0.2, 0) is 13.1 Å². The maximum Gasteiger partial charge on any atom is 0.258 e. The van der Waals surface area contributed by atoms with E-state index in [4.69, 9.17) is 16.3 Å². The SMILES string of the molecule is O=C(c1ccc(F)cc1OC1C[C@@H]2CC[C@@H](C1)N2CCF)N1Cc2nn3cc(Cl)cnc3c2C1. The van der Waals surface area contributed by atoms with E-state index in [1.54, 1.807) is 21.8 Å². The van der Waals surface area contributed by atoms with Gasteiger partial charge < -0.3 is 9.64 Å². The lowest BCUT2D eigenvalue weighted by Crippen LogP contribution is -2.47. The molecular formula is C24H24ClF2N5O2. The fourth-order valence-corrected chi connectivity index (χ4v) is 5.91. The highest BCUT2D eigenvalue weighted by Gasteiger charge is 2.41. The normalized spacial score (nSPS) is 24.1. The van der Waals surface area contributed by atoms with Gasteiger partial charge in [-0.1, -0.05) is 11.6 Å². The third kappa shape index (κ3) is 3.71. The van der Waals surface area contributed by atoms with Crippen molar-refractivity contribution < 1.29 is 18.3 Å². The number of halogens is 3. The van der Waals surface area contributed by atoms with Gasteiger partial charge in [0.15, 0.2) is 5.65 Å². The van der Waals surface area contributed by atoms with Crippen molar-refractivity contribution in [2.24, 2.45) is 0 Å². The number of nitrogens with zero attached hydrogens (tertiary/aromatic N) is 5.